The van der Waals surface area contributed by atoms with Crippen LogP contribution in [0.2, 0.25) is 5.02 Å². The zero-order valence-corrected chi connectivity index (χ0v) is 19.5. The van der Waals surface area contributed by atoms with Crippen LogP contribution >= 0.6 is 11.6 Å². The number of hydrogen-bond acceptors (Lipinski definition) is 4. The minimum atomic E-state index is -3.59. The molecule has 0 N–H and O–H groups in total. The molecule has 168 valence electrons. The van der Waals surface area contributed by atoms with Crippen molar-refractivity contribution in [3.63, 3.8) is 0 Å². The molecule has 0 saturated carbocycles. The molecular formula is C26H23ClN2O3S. The van der Waals surface area contributed by atoms with Crippen LogP contribution in [0.25, 0.3) is 22.0 Å². The average molecular weight is 479 g/mol. The van der Waals surface area contributed by atoms with E-state index >= 15 is 0 Å². The van der Waals surface area contributed by atoms with E-state index in [9.17, 15) is 8.42 Å². The van der Waals surface area contributed by atoms with Crippen molar-refractivity contribution in [1.29, 1.82) is 0 Å². The summed E-state index contributed by atoms with van der Waals surface area (Å²) in [7, 11) is -3.59. The SMILES string of the molecule is O=S(=O)(c1cccc(-c2ccc(Cl)cc2)c1)N1CCC(Oc2cccc3cccnc23)CC1. The highest BCUT2D eigenvalue weighted by atomic mass is 35.5. The Morgan fingerprint density at radius 1 is 0.879 bits per heavy atom. The van der Waals surface area contributed by atoms with Crippen LogP contribution in [0.1, 0.15) is 12.8 Å². The number of sulfonamides is 1. The Morgan fingerprint density at radius 3 is 2.39 bits per heavy atom. The molecule has 1 saturated heterocycles. The first-order valence-electron chi connectivity index (χ1n) is 10.9. The van der Waals surface area contributed by atoms with Crippen LogP contribution in [0.5, 0.6) is 5.75 Å². The van der Waals surface area contributed by atoms with Crippen molar-refractivity contribution in [3.05, 3.63) is 90.1 Å². The molecule has 0 atom stereocenters. The van der Waals surface area contributed by atoms with Crippen LogP contribution in [0, 0.1) is 0 Å². The van der Waals surface area contributed by atoms with Crippen LogP contribution in [-0.4, -0.2) is 36.9 Å². The van der Waals surface area contributed by atoms with Crippen LogP contribution in [-0.2, 0) is 10.0 Å². The second kappa shape index (κ2) is 9.14. The Balaban J connectivity index is 1.29. The van der Waals surface area contributed by atoms with Crippen molar-refractivity contribution in [3.8, 4) is 16.9 Å². The molecule has 33 heavy (non-hydrogen) atoms. The van der Waals surface area contributed by atoms with Crippen molar-refractivity contribution in [1.82, 2.24) is 9.29 Å². The zero-order valence-electron chi connectivity index (χ0n) is 17.9. The van der Waals surface area contributed by atoms with E-state index < -0.39 is 10.0 Å². The number of benzene rings is 3. The zero-order chi connectivity index (χ0) is 22.8. The monoisotopic (exact) mass is 478 g/mol. The molecule has 0 bridgehead atoms. The maximum Gasteiger partial charge on any atom is 0.243 e. The summed E-state index contributed by atoms with van der Waals surface area (Å²) in [6.45, 7) is 0.826. The Hall–Kier alpha value is -2.93. The summed E-state index contributed by atoms with van der Waals surface area (Å²) in [6, 6.07) is 24.2. The molecular weight excluding hydrogens is 456 g/mol. The lowest BCUT2D eigenvalue weighted by Crippen LogP contribution is -2.41. The number of para-hydroxylation sites is 1. The summed E-state index contributed by atoms with van der Waals surface area (Å²) in [5.74, 6) is 0.741. The summed E-state index contributed by atoms with van der Waals surface area (Å²) in [5.41, 5.74) is 2.59. The van der Waals surface area contributed by atoms with Crippen molar-refractivity contribution < 1.29 is 13.2 Å². The minimum Gasteiger partial charge on any atom is -0.488 e. The first-order valence-corrected chi connectivity index (χ1v) is 12.7. The van der Waals surface area contributed by atoms with Crippen molar-refractivity contribution in [2.75, 3.05) is 13.1 Å². The summed E-state index contributed by atoms with van der Waals surface area (Å²) in [5, 5.41) is 1.67. The van der Waals surface area contributed by atoms with Gasteiger partial charge in [0, 0.05) is 29.7 Å². The van der Waals surface area contributed by atoms with Crippen molar-refractivity contribution in [2.24, 2.45) is 0 Å². The molecule has 2 heterocycles. The molecule has 3 aromatic carbocycles. The van der Waals surface area contributed by atoms with E-state index in [0.29, 0.717) is 35.8 Å². The predicted octanol–water partition coefficient (Wildman–Crippen LogP) is 5.79. The largest absolute Gasteiger partial charge is 0.488 e. The van der Waals surface area contributed by atoms with Crippen molar-refractivity contribution in [2.45, 2.75) is 23.8 Å². The third-order valence-corrected chi connectivity index (χ3v) is 8.09. The van der Waals surface area contributed by atoms with Gasteiger partial charge in [-0.1, -0.05) is 54.1 Å². The van der Waals surface area contributed by atoms with Crippen LogP contribution < -0.4 is 4.74 Å². The number of piperidine rings is 1. The van der Waals surface area contributed by atoms with E-state index in [4.69, 9.17) is 16.3 Å². The lowest BCUT2D eigenvalue weighted by Gasteiger charge is -2.31. The molecule has 5 rings (SSSR count). The van der Waals surface area contributed by atoms with Crippen LogP contribution in [0.3, 0.4) is 0 Å². The number of halogens is 1. The Morgan fingerprint density at radius 2 is 1.61 bits per heavy atom. The van der Waals surface area contributed by atoms with Gasteiger partial charge >= 0.3 is 0 Å². The number of rotatable bonds is 5. The lowest BCUT2D eigenvalue weighted by molar-refractivity contribution is 0.136. The lowest BCUT2D eigenvalue weighted by atomic mass is 10.1. The average Bonchev–Trinajstić information content (AvgIpc) is 2.85. The third kappa shape index (κ3) is 4.60. The van der Waals surface area contributed by atoms with E-state index in [2.05, 4.69) is 4.98 Å². The fourth-order valence-corrected chi connectivity index (χ4v) is 5.81. The highest BCUT2D eigenvalue weighted by Gasteiger charge is 2.30. The Kier molecular flexibility index (Phi) is 6.06. The summed E-state index contributed by atoms with van der Waals surface area (Å²) >= 11 is 5.98. The van der Waals surface area contributed by atoms with Crippen molar-refractivity contribution >= 4 is 32.5 Å². The molecule has 0 aliphatic carbocycles. The van der Waals surface area contributed by atoms with Gasteiger partial charge in [-0.25, -0.2) is 8.42 Å². The topological polar surface area (TPSA) is 59.5 Å². The molecule has 0 amide bonds. The van der Waals surface area contributed by atoms with Gasteiger partial charge in [0.25, 0.3) is 0 Å². The van der Waals surface area contributed by atoms with Crippen LogP contribution in [0.15, 0.2) is 90.0 Å². The molecule has 1 aliphatic heterocycles. The normalized spacial score (nSPS) is 15.5. The maximum atomic E-state index is 13.3. The van der Waals surface area contributed by atoms with Gasteiger partial charge in [0.2, 0.25) is 10.0 Å². The second-order valence-corrected chi connectivity index (χ2v) is 10.5. The highest BCUT2D eigenvalue weighted by molar-refractivity contribution is 7.89. The van der Waals surface area contributed by atoms with Gasteiger partial charge in [-0.2, -0.15) is 4.31 Å². The molecule has 0 spiro atoms. The number of ether oxygens (including phenoxy) is 1. The molecule has 0 unspecified atom stereocenters. The van der Waals surface area contributed by atoms with E-state index in [1.807, 2.05) is 48.5 Å². The number of hydrogen-bond donors (Lipinski definition) is 0. The third-order valence-electron chi connectivity index (χ3n) is 5.94. The van der Waals surface area contributed by atoms with Gasteiger partial charge in [-0.3, -0.25) is 4.98 Å². The molecule has 0 radical (unpaired) electrons. The van der Waals surface area contributed by atoms with E-state index in [0.717, 1.165) is 27.8 Å². The number of nitrogens with zero attached hydrogens (tertiary/aromatic N) is 2. The summed E-state index contributed by atoms with van der Waals surface area (Å²) < 4.78 is 34.4. The van der Waals surface area contributed by atoms with Gasteiger partial charge in [0.1, 0.15) is 17.4 Å². The molecule has 1 fully saturated rings. The maximum absolute atomic E-state index is 13.3. The standard InChI is InChI=1S/C26H23ClN2O3S/c27-22-11-9-19(10-12-22)21-5-1-7-24(18-21)33(30,31)29-16-13-23(14-17-29)32-25-8-2-4-20-6-3-15-28-26(20)25/h1-12,15,18,23H,13-14,16-17H2. The molecule has 7 heteroatoms. The molecule has 4 aromatic rings. The quantitative estimate of drug-likeness (QED) is 0.364. The summed E-state index contributed by atoms with van der Waals surface area (Å²) in [6.07, 6.45) is 2.95. The number of pyridine rings is 1. The van der Waals surface area contributed by atoms with Gasteiger partial charge in [0.05, 0.1) is 4.90 Å². The van der Waals surface area contributed by atoms with Gasteiger partial charge < -0.3 is 4.74 Å². The van der Waals surface area contributed by atoms with E-state index in [-0.39, 0.29) is 6.10 Å². The van der Waals surface area contributed by atoms with Gasteiger partial charge in [0.15, 0.2) is 0 Å². The van der Waals surface area contributed by atoms with E-state index in [1.54, 1.807) is 40.8 Å². The minimum absolute atomic E-state index is 0.0514. The van der Waals surface area contributed by atoms with Gasteiger partial charge in [-0.05, 0) is 60.4 Å². The number of fused-ring (bicyclic) bond motifs is 1. The Labute approximate surface area is 198 Å². The van der Waals surface area contributed by atoms with E-state index in [1.165, 1.54) is 0 Å². The molecule has 5 nitrogen and oxygen atoms in total. The molecule has 1 aromatic heterocycles. The first kappa shape index (κ1) is 21.9. The predicted molar refractivity (Wildman–Crippen MR) is 131 cm³/mol. The van der Waals surface area contributed by atoms with Gasteiger partial charge in [-0.15, -0.1) is 0 Å². The highest BCUT2D eigenvalue weighted by Crippen LogP contribution is 2.29. The smallest absolute Gasteiger partial charge is 0.243 e. The second-order valence-electron chi connectivity index (χ2n) is 8.09. The summed E-state index contributed by atoms with van der Waals surface area (Å²) in [4.78, 5) is 4.74. The molecule has 1 aliphatic rings. The van der Waals surface area contributed by atoms with Crippen LogP contribution in [0.4, 0.5) is 0 Å². The Bertz CT molecular complexity index is 1380. The first-order chi connectivity index (χ1) is 16.0. The number of aromatic nitrogens is 1. The fourth-order valence-electron chi connectivity index (χ4n) is 4.17. The fraction of sp³-hybridized carbons (Fsp3) is 0.192.